The van der Waals surface area contributed by atoms with E-state index in [9.17, 15) is 0 Å². The molecule has 14 heavy (non-hydrogen) atoms. The van der Waals surface area contributed by atoms with E-state index >= 15 is 0 Å². The quantitative estimate of drug-likeness (QED) is 0.724. The Kier molecular flexibility index (Phi) is 2.23. The highest BCUT2D eigenvalue weighted by atomic mass is 15.1. The Labute approximate surface area is 83.8 Å². The average Bonchev–Trinajstić information content (AvgIpc) is 2.55. The first-order valence-corrected chi connectivity index (χ1v) is 5.07. The van der Waals surface area contributed by atoms with Crippen LogP contribution in [0.5, 0.6) is 0 Å². The number of aryl methyl sites for hydroxylation is 3. The molecule has 3 heteroatoms. The summed E-state index contributed by atoms with van der Waals surface area (Å²) < 4.78 is 2.08. The van der Waals surface area contributed by atoms with E-state index < -0.39 is 0 Å². The van der Waals surface area contributed by atoms with Crippen LogP contribution in [-0.2, 0) is 19.9 Å². The van der Waals surface area contributed by atoms with Gasteiger partial charge in [0.2, 0.25) is 0 Å². The van der Waals surface area contributed by atoms with Gasteiger partial charge in [-0.1, -0.05) is 13.8 Å². The summed E-state index contributed by atoms with van der Waals surface area (Å²) in [7, 11) is 2.03. The second-order valence-corrected chi connectivity index (χ2v) is 3.44. The minimum absolute atomic E-state index is 0.954. The van der Waals surface area contributed by atoms with Crippen LogP contribution >= 0.6 is 0 Å². The Morgan fingerprint density at radius 2 is 2.07 bits per heavy atom. The number of aromatic nitrogens is 3. The van der Waals surface area contributed by atoms with Gasteiger partial charge in [0.1, 0.15) is 11.3 Å². The predicted octanol–water partition coefficient (Wildman–Crippen LogP) is 2.09. The molecule has 0 radical (unpaired) electrons. The predicted molar refractivity (Wildman–Crippen MR) is 57.3 cm³/mol. The molecular formula is C11H15N3. The van der Waals surface area contributed by atoms with Gasteiger partial charge in [0.05, 0.1) is 0 Å². The number of imidazole rings is 1. The van der Waals surface area contributed by atoms with Crippen LogP contribution in [0.15, 0.2) is 12.3 Å². The molecular weight excluding hydrogens is 174 g/mol. The molecule has 0 amide bonds. The van der Waals surface area contributed by atoms with Gasteiger partial charge in [0.25, 0.3) is 0 Å². The number of hydrogen-bond donors (Lipinski definition) is 0. The lowest BCUT2D eigenvalue weighted by molar-refractivity contribution is 0.821. The van der Waals surface area contributed by atoms with Crippen molar-refractivity contribution in [1.82, 2.24) is 14.5 Å². The largest absolute Gasteiger partial charge is 0.316 e. The van der Waals surface area contributed by atoms with E-state index in [0.29, 0.717) is 0 Å². The Morgan fingerprint density at radius 1 is 1.29 bits per heavy atom. The summed E-state index contributed by atoms with van der Waals surface area (Å²) >= 11 is 0. The molecule has 0 saturated carbocycles. The maximum Gasteiger partial charge on any atom is 0.160 e. The summed E-state index contributed by atoms with van der Waals surface area (Å²) in [5.74, 6) is 1.11. The fourth-order valence-electron chi connectivity index (χ4n) is 1.78. The first-order chi connectivity index (χ1) is 6.77. The Bertz CT molecular complexity index is 457. The molecule has 0 aliphatic heterocycles. The van der Waals surface area contributed by atoms with Crippen molar-refractivity contribution in [3.8, 4) is 0 Å². The average molecular weight is 189 g/mol. The van der Waals surface area contributed by atoms with Crippen molar-refractivity contribution in [1.29, 1.82) is 0 Å². The first-order valence-electron chi connectivity index (χ1n) is 5.07. The molecule has 0 spiro atoms. The van der Waals surface area contributed by atoms with E-state index in [1.54, 1.807) is 0 Å². The van der Waals surface area contributed by atoms with E-state index in [4.69, 9.17) is 0 Å². The monoisotopic (exact) mass is 189 g/mol. The maximum absolute atomic E-state index is 4.60. The van der Waals surface area contributed by atoms with E-state index in [0.717, 1.165) is 29.8 Å². The number of pyridine rings is 1. The first kappa shape index (κ1) is 9.19. The van der Waals surface area contributed by atoms with Gasteiger partial charge in [0.15, 0.2) is 5.65 Å². The normalized spacial score (nSPS) is 11.1. The van der Waals surface area contributed by atoms with Gasteiger partial charge in [-0.3, -0.25) is 0 Å². The minimum atomic E-state index is 0.954. The smallest absolute Gasteiger partial charge is 0.160 e. The molecule has 0 bridgehead atoms. The number of rotatable bonds is 2. The van der Waals surface area contributed by atoms with E-state index in [1.165, 1.54) is 5.56 Å². The van der Waals surface area contributed by atoms with Crippen LogP contribution in [0.25, 0.3) is 11.2 Å². The molecule has 0 aromatic carbocycles. The Morgan fingerprint density at radius 3 is 2.71 bits per heavy atom. The van der Waals surface area contributed by atoms with Crippen LogP contribution in [0.1, 0.15) is 25.2 Å². The maximum atomic E-state index is 4.60. The second kappa shape index (κ2) is 3.40. The zero-order chi connectivity index (χ0) is 10.1. The van der Waals surface area contributed by atoms with Crippen LogP contribution in [0, 0.1) is 0 Å². The lowest BCUT2D eigenvalue weighted by Crippen LogP contribution is -1.95. The van der Waals surface area contributed by atoms with Crippen molar-refractivity contribution >= 4 is 11.2 Å². The third-order valence-corrected chi connectivity index (χ3v) is 2.63. The number of nitrogens with zero attached hydrogens (tertiary/aromatic N) is 3. The highest BCUT2D eigenvalue weighted by molar-refractivity contribution is 5.75. The molecule has 74 valence electrons. The Balaban J connectivity index is 2.77. The van der Waals surface area contributed by atoms with Gasteiger partial charge in [-0.25, -0.2) is 9.97 Å². The van der Waals surface area contributed by atoms with Gasteiger partial charge in [-0.05, 0) is 18.1 Å². The zero-order valence-corrected chi connectivity index (χ0v) is 8.91. The van der Waals surface area contributed by atoms with Gasteiger partial charge in [-0.15, -0.1) is 0 Å². The number of hydrogen-bond acceptors (Lipinski definition) is 2. The highest BCUT2D eigenvalue weighted by Crippen LogP contribution is 2.17. The molecule has 2 aromatic heterocycles. The van der Waals surface area contributed by atoms with Crippen molar-refractivity contribution < 1.29 is 0 Å². The molecule has 0 N–H and O–H groups in total. The summed E-state index contributed by atoms with van der Waals surface area (Å²) in [6.07, 6.45) is 3.83. The fraction of sp³-hybridized carbons (Fsp3) is 0.455. The summed E-state index contributed by atoms with van der Waals surface area (Å²) in [4.78, 5) is 8.96. The molecule has 0 aliphatic carbocycles. The minimum Gasteiger partial charge on any atom is -0.316 e. The fourth-order valence-corrected chi connectivity index (χ4v) is 1.78. The van der Waals surface area contributed by atoms with E-state index in [2.05, 4.69) is 34.4 Å². The van der Waals surface area contributed by atoms with Crippen LogP contribution in [0.4, 0.5) is 0 Å². The van der Waals surface area contributed by atoms with Crippen LogP contribution < -0.4 is 0 Å². The molecule has 0 unspecified atom stereocenters. The zero-order valence-electron chi connectivity index (χ0n) is 8.91. The molecule has 2 aromatic rings. The molecule has 2 rings (SSSR count). The standard InChI is InChI=1S/C11H15N3/c1-4-8-6-7-12-11-10(8)13-9(5-2)14(11)3/h6-7H,4-5H2,1-3H3. The molecule has 0 saturated heterocycles. The van der Waals surface area contributed by atoms with Gasteiger partial charge in [0, 0.05) is 19.7 Å². The lowest BCUT2D eigenvalue weighted by atomic mass is 10.2. The Hall–Kier alpha value is -1.38. The van der Waals surface area contributed by atoms with E-state index in [1.807, 2.05) is 13.2 Å². The van der Waals surface area contributed by atoms with Gasteiger partial charge >= 0.3 is 0 Å². The third kappa shape index (κ3) is 1.20. The van der Waals surface area contributed by atoms with Crippen molar-refractivity contribution in [2.24, 2.45) is 7.05 Å². The molecule has 2 heterocycles. The molecule has 0 aliphatic rings. The van der Waals surface area contributed by atoms with Gasteiger partial charge in [-0.2, -0.15) is 0 Å². The van der Waals surface area contributed by atoms with Crippen molar-refractivity contribution in [3.05, 3.63) is 23.7 Å². The van der Waals surface area contributed by atoms with Crippen molar-refractivity contribution in [2.75, 3.05) is 0 Å². The van der Waals surface area contributed by atoms with Crippen molar-refractivity contribution in [3.63, 3.8) is 0 Å². The summed E-state index contributed by atoms with van der Waals surface area (Å²) in [5.41, 5.74) is 3.35. The lowest BCUT2D eigenvalue weighted by Gasteiger charge is -1.98. The van der Waals surface area contributed by atoms with E-state index in [-0.39, 0.29) is 0 Å². The highest BCUT2D eigenvalue weighted by Gasteiger charge is 2.09. The van der Waals surface area contributed by atoms with Crippen LogP contribution in [0.2, 0.25) is 0 Å². The van der Waals surface area contributed by atoms with Crippen LogP contribution in [0.3, 0.4) is 0 Å². The summed E-state index contributed by atoms with van der Waals surface area (Å²) in [5, 5.41) is 0. The summed E-state index contributed by atoms with van der Waals surface area (Å²) in [6, 6.07) is 2.05. The summed E-state index contributed by atoms with van der Waals surface area (Å²) in [6.45, 7) is 4.27. The SMILES string of the molecule is CCc1ccnc2c1nc(CC)n2C. The topological polar surface area (TPSA) is 30.7 Å². The molecule has 0 fully saturated rings. The molecule has 0 atom stereocenters. The molecule has 3 nitrogen and oxygen atoms in total. The second-order valence-electron chi connectivity index (χ2n) is 3.44. The van der Waals surface area contributed by atoms with Crippen LogP contribution in [-0.4, -0.2) is 14.5 Å². The number of fused-ring (bicyclic) bond motifs is 1. The van der Waals surface area contributed by atoms with Crippen molar-refractivity contribution in [2.45, 2.75) is 26.7 Å². The van der Waals surface area contributed by atoms with Gasteiger partial charge < -0.3 is 4.57 Å². The third-order valence-electron chi connectivity index (χ3n) is 2.63.